The Bertz CT molecular complexity index is 447. The van der Waals surface area contributed by atoms with E-state index in [1.165, 1.54) is 6.07 Å². The van der Waals surface area contributed by atoms with Crippen LogP contribution in [0.4, 0.5) is 10.1 Å². The minimum absolute atomic E-state index is 0.0366. The van der Waals surface area contributed by atoms with Gasteiger partial charge in [0.1, 0.15) is 5.82 Å². The molecule has 0 radical (unpaired) electrons. The number of carbonyl (C=O) groups excluding carboxylic acids is 1. The highest BCUT2D eigenvalue weighted by atomic mass is 19.1. The van der Waals surface area contributed by atoms with Crippen LogP contribution in [0.25, 0.3) is 0 Å². The molecule has 0 aliphatic heterocycles. The van der Waals surface area contributed by atoms with Crippen molar-refractivity contribution in [1.82, 2.24) is 0 Å². The molecule has 2 unspecified atom stereocenters. The molecule has 1 saturated carbocycles. The van der Waals surface area contributed by atoms with Crippen molar-refractivity contribution in [1.29, 1.82) is 0 Å². The molecule has 18 heavy (non-hydrogen) atoms. The van der Waals surface area contributed by atoms with E-state index in [2.05, 4.69) is 12.2 Å². The standard InChI is InChI=1S/C14H19FN2O/c1-9-3-2-4-12(9)14(18)17-11-5-6-13(15)10(7-11)8-16/h5-7,9,12H,2-4,8,16H2,1H3,(H,17,18). The van der Waals surface area contributed by atoms with Gasteiger partial charge in [0.15, 0.2) is 0 Å². The summed E-state index contributed by atoms with van der Waals surface area (Å²) in [5.74, 6) is 0.218. The van der Waals surface area contributed by atoms with Crippen molar-refractivity contribution >= 4 is 11.6 Å². The van der Waals surface area contributed by atoms with Crippen LogP contribution >= 0.6 is 0 Å². The number of nitrogens with two attached hydrogens (primary N) is 1. The second kappa shape index (κ2) is 5.48. The molecule has 0 saturated heterocycles. The van der Waals surface area contributed by atoms with E-state index in [1.807, 2.05) is 0 Å². The van der Waals surface area contributed by atoms with Gasteiger partial charge in [0.25, 0.3) is 0 Å². The number of rotatable bonds is 3. The van der Waals surface area contributed by atoms with Crippen molar-refractivity contribution in [2.45, 2.75) is 32.7 Å². The predicted octanol–water partition coefficient (Wildman–Crippen LogP) is 2.66. The van der Waals surface area contributed by atoms with Crippen molar-refractivity contribution in [2.24, 2.45) is 17.6 Å². The highest BCUT2D eigenvalue weighted by molar-refractivity contribution is 5.92. The van der Waals surface area contributed by atoms with Crippen molar-refractivity contribution in [3.05, 3.63) is 29.6 Å². The molecule has 1 aliphatic rings. The summed E-state index contributed by atoms with van der Waals surface area (Å²) in [4.78, 5) is 12.1. The molecule has 1 aliphatic carbocycles. The maximum absolute atomic E-state index is 13.3. The van der Waals surface area contributed by atoms with Crippen molar-refractivity contribution in [3.8, 4) is 0 Å². The van der Waals surface area contributed by atoms with Crippen LogP contribution in [-0.2, 0) is 11.3 Å². The van der Waals surface area contributed by atoms with Crippen LogP contribution in [0, 0.1) is 17.7 Å². The molecule has 3 nitrogen and oxygen atoms in total. The smallest absolute Gasteiger partial charge is 0.227 e. The molecule has 2 rings (SSSR count). The third-order valence-corrected chi connectivity index (χ3v) is 3.73. The Hall–Kier alpha value is -1.42. The van der Waals surface area contributed by atoms with E-state index in [0.29, 0.717) is 17.2 Å². The SMILES string of the molecule is CC1CCCC1C(=O)Nc1ccc(F)c(CN)c1. The molecule has 2 atom stereocenters. The maximum Gasteiger partial charge on any atom is 0.227 e. The summed E-state index contributed by atoms with van der Waals surface area (Å²) in [6.45, 7) is 2.24. The first-order valence-electron chi connectivity index (χ1n) is 6.41. The monoisotopic (exact) mass is 250 g/mol. The lowest BCUT2D eigenvalue weighted by Crippen LogP contribution is -2.24. The number of benzene rings is 1. The van der Waals surface area contributed by atoms with Gasteiger partial charge in [-0.3, -0.25) is 4.79 Å². The molecule has 3 N–H and O–H groups in total. The van der Waals surface area contributed by atoms with Gasteiger partial charge in [-0.15, -0.1) is 0 Å². The average molecular weight is 250 g/mol. The Morgan fingerprint density at radius 2 is 2.28 bits per heavy atom. The van der Waals surface area contributed by atoms with E-state index < -0.39 is 0 Å². The molecule has 0 spiro atoms. The third-order valence-electron chi connectivity index (χ3n) is 3.73. The van der Waals surface area contributed by atoms with Crippen LogP contribution in [0.2, 0.25) is 0 Å². The quantitative estimate of drug-likeness (QED) is 0.866. The molecule has 0 aromatic heterocycles. The summed E-state index contributed by atoms with van der Waals surface area (Å²) in [5.41, 5.74) is 6.49. The zero-order valence-electron chi connectivity index (χ0n) is 10.6. The maximum atomic E-state index is 13.3. The van der Waals surface area contributed by atoms with Gasteiger partial charge in [-0.05, 0) is 37.0 Å². The van der Waals surface area contributed by atoms with E-state index in [4.69, 9.17) is 5.73 Å². The molecule has 1 amide bonds. The lowest BCUT2D eigenvalue weighted by molar-refractivity contribution is -0.120. The summed E-state index contributed by atoms with van der Waals surface area (Å²) >= 11 is 0. The number of hydrogen-bond donors (Lipinski definition) is 2. The van der Waals surface area contributed by atoms with Gasteiger partial charge >= 0.3 is 0 Å². The number of carbonyl (C=O) groups is 1. The lowest BCUT2D eigenvalue weighted by atomic mass is 9.97. The predicted molar refractivity (Wildman–Crippen MR) is 69.4 cm³/mol. The second-order valence-corrected chi connectivity index (χ2v) is 5.01. The molecule has 0 bridgehead atoms. The van der Waals surface area contributed by atoms with Gasteiger partial charge in [0.2, 0.25) is 5.91 Å². The van der Waals surface area contributed by atoms with Crippen LogP contribution in [0.1, 0.15) is 31.7 Å². The minimum atomic E-state index is -0.329. The highest BCUT2D eigenvalue weighted by Crippen LogP contribution is 2.32. The molecule has 98 valence electrons. The third kappa shape index (κ3) is 2.70. The Labute approximate surface area is 107 Å². The lowest BCUT2D eigenvalue weighted by Gasteiger charge is -2.15. The van der Waals surface area contributed by atoms with Crippen LogP contribution in [0.15, 0.2) is 18.2 Å². The molecular weight excluding hydrogens is 231 g/mol. The first kappa shape index (κ1) is 13.0. The van der Waals surface area contributed by atoms with Gasteiger partial charge in [-0.2, -0.15) is 0 Å². The minimum Gasteiger partial charge on any atom is -0.326 e. The van der Waals surface area contributed by atoms with Crippen LogP contribution in [-0.4, -0.2) is 5.91 Å². The van der Waals surface area contributed by atoms with Crippen molar-refractivity contribution in [3.63, 3.8) is 0 Å². The fourth-order valence-corrected chi connectivity index (χ4v) is 2.58. The van der Waals surface area contributed by atoms with Gasteiger partial charge in [0, 0.05) is 23.7 Å². The number of anilines is 1. The Kier molecular flexibility index (Phi) is 3.97. The number of hydrogen-bond acceptors (Lipinski definition) is 2. The Morgan fingerprint density at radius 3 is 2.89 bits per heavy atom. The van der Waals surface area contributed by atoms with Gasteiger partial charge in [-0.1, -0.05) is 13.3 Å². The molecule has 0 heterocycles. The van der Waals surface area contributed by atoms with Crippen molar-refractivity contribution in [2.75, 3.05) is 5.32 Å². The van der Waals surface area contributed by atoms with Crippen LogP contribution < -0.4 is 11.1 Å². The van der Waals surface area contributed by atoms with Crippen LogP contribution in [0.5, 0.6) is 0 Å². The Balaban J connectivity index is 2.07. The number of amides is 1. The summed E-state index contributed by atoms with van der Waals surface area (Å²) in [6, 6.07) is 4.52. The van der Waals surface area contributed by atoms with E-state index in [0.717, 1.165) is 19.3 Å². The molecular formula is C14H19FN2O. The van der Waals surface area contributed by atoms with Crippen molar-refractivity contribution < 1.29 is 9.18 Å². The highest BCUT2D eigenvalue weighted by Gasteiger charge is 2.29. The fourth-order valence-electron chi connectivity index (χ4n) is 2.58. The summed E-state index contributed by atoms with van der Waals surface area (Å²) < 4.78 is 13.3. The zero-order chi connectivity index (χ0) is 13.1. The van der Waals surface area contributed by atoms with Crippen LogP contribution in [0.3, 0.4) is 0 Å². The van der Waals surface area contributed by atoms with E-state index in [1.54, 1.807) is 12.1 Å². The topological polar surface area (TPSA) is 55.1 Å². The molecule has 4 heteroatoms. The number of halogens is 1. The molecule has 1 aromatic rings. The first-order valence-corrected chi connectivity index (χ1v) is 6.41. The summed E-state index contributed by atoms with van der Waals surface area (Å²) in [5, 5.41) is 2.86. The van der Waals surface area contributed by atoms with Gasteiger partial charge < -0.3 is 11.1 Å². The average Bonchev–Trinajstić information content (AvgIpc) is 2.78. The van der Waals surface area contributed by atoms with Gasteiger partial charge in [0.05, 0.1) is 0 Å². The first-order chi connectivity index (χ1) is 8.61. The number of nitrogens with one attached hydrogen (secondary N) is 1. The zero-order valence-corrected chi connectivity index (χ0v) is 10.6. The summed E-state index contributed by atoms with van der Waals surface area (Å²) in [7, 11) is 0. The van der Waals surface area contributed by atoms with E-state index in [-0.39, 0.29) is 24.2 Å². The fraction of sp³-hybridized carbons (Fsp3) is 0.500. The Morgan fingerprint density at radius 1 is 1.50 bits per heavy atom. The van der Waals surface area contributed by atoms with E-state index >= 15 is 0 Å². The molecule has 1 aromatic carbocycles. The second-order valence-electron chi connectivity index (χ2n) is 5.01. The normalized spacial score (nSPS) is 23.1. The van der Waals surface area contributed by atoms with Gasteiger partial charge in [-0.25, -0.2) is 4.39 Å². The molecule has 1 fully saturated rings. The van der Waals surface area contributed by atoms with E-state index in [9.17, 15) is 9.18 Å². The summed E-state index contributed by atoms with van der Waals surface area (Å²) in [6.07, 6.45) is 3.16. The largest absolute Gasteiger partial charge is 0.326 e.